The Labute approximate surface area is 91.5 Å². The largest absolute Gasteiger partial charge is 0.329 e. The third-order valence-corrected chi connectivity index (χ3v) is 2.44. The molecule has 2 nitrogen and oxygen atoms in total. The summed E-state index contributed by atoms with van der Waals surface area (Å²) in [4.78, 5) is 11.9. The number of hydrogen-bond donors (Lipinski definition) is 1. The van der Waals surface area contributed by atoms with Crippen LogP contribution in [0.5, 0.6) is 0 Å². The normalized spacial score (nSPS) is 12.8. The summed E-state index contributed by atoms with van der Waals surface area (Å²) >= 11 is 0. The van der Waals surface area contributed by atoms with Crippen molar-refractivity contribution < 1.29 is 4.79 Å². The summed E-state index contributed by atoms with van der Waals surface area (Å²) in [5.74, 6) is 0.516. The molecule has 1 atom stereocenters. The van der Waals surface area contributed by atoms with E-state index in [-0.39, 0.29) is 11.7 Å². The summed E-state index contributed by atoms with van der Waals surface area (Å²) in [7, 11) is 0. The van der Waals surface area contributed by atoms with Crippen molar-refractivity contribution >= 4 is 5.78 Å². The predicted octanol–water partition coefficient (Wildman–Crippen LogP) is 2.34. The molecule has 82 valence electrons. The van der Waals surface area contributed by atoms with Crippen LogP contribution in [0.15, 0.2) is 30.3 Å². The zero-order valence-corrected chi connectivity index (χ0v) is 9.44. The average molecular weight is 205 g/mol. The maximum Gasteiger partial charge on any atom is 0.141 e. The second-order valence-electron chi connectivity index (χ2n) is 4.26. The molecule has 0 saturated heterocycles. The SMILES string of the molecule is CC(C)CC(=O)C(CN)c1ccccc1. The fourth-order valence-corrected chi connectivity index (χ4v) is 1.68. The molecule has 1 rings (SSSR count). The Morgan fingerprint density at radius 1 is 1.27 bits per heavy atom. The molecule has 15 heavy (non-hydrogen) atoms. The van der Waals surface area contributed by atoms with Crippen LogP contribution in [-0.4, -0.2) is 12.3 Å². The maximum atomic E-state index is 11.9. The van der Waals surface area contributed by atoms with Gasteiger partial charge in [-0.05, 0) is 11.5 Å². The first-order chi connectivity index (χ1) is 7.15. The maximum absolute atomic E-state index is 11.9. The van der Waals surface area contributed by atoms with Gasteiger partial charge in [0.2, 0.25) is 0 Å². The molecule has 1 unspecified atom stereocenters. The molecule has 2 heteroatoms. The molecule has 0 aromatic heterocycles. The molecule has 0 heterocycles. The van der Waals surface area contributed by atoms with Crippen LogP contribution in [0.1, 0.15) is 31.7 Å². The minimum Gasteiger partial charge on any atom is -0.329 e. The predicted molar refractivity (Wildman–Crippen MR) is 62.7 cm³/mol. The summed E-state index contributed by atoms with van der Waals surface area (Å²) in [5, 5.41) is 0. The molecule has 0 aliphatic carbocycles. The number of Topliss-reactive ketones (excluding diaryl/α,β-unsaturated/α-hetero) is 1. The lowest BCUT2D eigenvalue weighted by molar-refractivity contribution is -0.121. The highest BCUT2D eigenvalue weighted by atomic mass is 16.1. The summed E-state index contributed by atoms with van der Waals surface area (Å²) in [6, 6.07) is 9.77. The van der Waals surface area contributed by atoms with E-state index in [0.717, 1.165) is 5.56 Å². The van der Waals surface area contributed by atoms with Crippen LogP contribution >= 0.6 is 0 Å². The van der Waals surface area contributed by atoms with E-state index in [1.165, 1.54) is 0 Å². The van der Waals surface area contributed by atoms with E-state index >= 15 is 0 Å². The van der Waals surface area contributed by atoms with Gasteiger partial charge in [-0.1, -0.05) is 44.2 Å². The van der Waals surface area contributed by atoms with Crippen molar-refractivity contribution in [3.8, 4) is 0 Å². The standard InChI is InChI=1S/C13H19NO/c1-10(2)8-13(15)12(9-14)11-6-4-3-5-7-11/h3-7,10,12H,8-9,14H2,1-2H3. The van der Waals surface area contributed by atoms with Gasteiger partial charge in [0.1, 0.15) is 5.78 Å². The van der Waals surface area contributed by atoms with E-state index in [2.05, 4.69) is 13.8 Å². The average Bonchev–Trinajstić information content (AvgIpc) is 2.19. The van der Waals surface area contributed by atoms with E-state index in [9.17, 15) is 4.79 Å². The summed E-state index contributed by atoms with van der Waals surface area (Å²) in [6.07, 6.45) is 0.608. The van der Waals surface area contributed by atoms with Crippen LogP contribution in [0.25, 0.3) is 0 Å². The summed E-state index contributed by atoms with van der Waals surface area (Å²) in [5.41, 5.74) is 6.69. The molecular formula is C13H19NO. The van der Waals surface area contributed by atoms with Crippen molar-refractivity contribution in [3.63, 3.8) is 0 Å². The molecule has 0 amide bonds. The van der Waals surface area contributed by atoms with Crippen molar-refractivity contribution in [1.82, 2.24) is 0 Å². The van der Waals surface area contributed by atoms with Crippen LogP contribution in [0, 0.1) is 5.92 Å². The molecule has 0 radical (unpaired) electrons. The van der Waals surface area contributed by atoms with Crippen LogP contribution in [0.3, 0.4) is 0 Å². The number of hydrogen-bond acceptors (Lipinski definition) is 2. The molecule has 0 bridgehead atoms. The third kappa shape index (κ3) is 3.48. The van der Waals surface area contributed by atoms with Crippen molar-refractivity contribution in [3.05, 3.63) is 35.9 Å². The highest BCUT2D eigenvalue weighted by Gasteiger charge is 2.19. The minimum absolute atomic E-state index is 0.131. The number of benzene rings is 1. The molecule has 0 spiro atoms. The van der Waals surface area contributed by atoms with E-state index in [0.29, 0.717) is 18.9 Å². The van der Waals surface area contributed by atoms with Crippen LogP contribution < -0.4 is 5.73 Å². The number of rotatable bonds is 5. The molecular weight excluding hydrogens is 186 g/mol. The van der Waals surface area contributed by atoms with Crippen LogP contribution in [0.2, 0.25) is 0 Å². The van der Waals surface area contributed by atoms with Gasteiger partial charge in [-0.2, -0.15) is 0 Å². The van der Waals surface area contributed by atoms with Crippen LogP contribution in [-0.2, 0) is 4.79 Å². The molecule has 1 aromatic rings. The lowest BCUT2D eigenvalue weighted by Crippen LogP contribution is -2.22. The van der Waals surface area contributed by atoms with Gasteiger partial charge < -0.3 is 5.73 Å². The van der Waals surface area contributed by atoms with E-state index < -0.39 is 0 Å². The molecule has 0 fully saturated rings. The van der Waals surface area contributed by atoms with Gasteiger partial charge in [-0.25, -0.2) is 0 Å². The van der Waals surface area contributed by atoms with Gasteiger partial charge in [0.05, 0.1) is 5.92 Å². The van der Waals surface area contributed by atoms with Gasteiger partial charge in [0.25, 0.3) is 0 Å². The molecule has 0 saturated carbocycles. The van der Waals surface area contributed by atoms with Gasteiger partial charge in [0.15, 0.2) is 0 Å². The third-order valence-electron chi connectivity index (χ3n) is 2.44. The van der Waals surface area contributed by atoms with Crippen LogP contribution in [0.4, 0.5) is 0 Å². The molecule has 2 N–H and O–H groups in total. The summed E-state index contributed by atoms with van der Waals surface area (Å²) < 4.78 is 0. The first-order valence-corrected chi connectivity index (χ1v) is 5.43. The lowest BCUT2D eigenvalue weighted by atomic mass is 9.90. The van der Waals surface area contributed by atoms with E-state index in [4.69, 9.17) is 5.73 Å². The second-order valence-corrected chi connectivity index (χ2v) is 4.26. The lowest BCUT2D eigenvalue weighted by Gasteiger charge is -2.15. The Morgan fingerprint density at radius 3 is 2.33 bits per heavy atom. The molecule has 1 aromatic carbocycles. The smallest absolute Gasteiger partial charge is 0.141 e. The van der Waals surface area contributed by atoms with Gasteiger partial charge >= 0.3 is 0 Å². The zero-order chi connectivity index (χ0) is 11.3. The van der Waals surface area contributed by atoms with Gasteiger partial charge in [-0.15, -0.1) is 0 Å². The highest BCUT2D eigenvalue weighted by Crippen LogP contribution is 2.18. The van der Waals surface area contributed by atoms with E-state index in [1.54, 1.807) is 0 Å². The Kier molecular flexibility index (Phi) is 4.50. The van der Waals surface area contributed by atoms with Crippen molar-refractivity contribution in [2.24, 2.45) is 11.7 Å². The Morgan fingerprint density at radius 2 is 1.87 bits per heavy atom. The highest BCUT2D eigenvalue weighted by molar-refractivity contribution is 5.86. The fraction of sp³-hybridized carbons (Fsp3) is 0.462. The van der Waals surface area contributed by atoms with Crippen molar-refractivity contribution in [2.75, 3.05) is 6.54 Å². The van der Waals surface area contributed by atoms with Crippen molar-refractivity contribution in [1.29, 1.82) is 0 Å². The topological polar surface area (TPSA) is 43.1 Å². The van der Waals surface area contributed by atoms with Crippen molar-refractivity contribution in [2.45, 2.75) is 26.2 Å². The number of carbonyl (C=O) groups excluding carboxylic acids is 1. The summed E-state index contributed by atoms with van der Waals surface area (Å²) in [6.45, 7) is 4.50. The molecule has 0 aliphatic rings. The number of nitrogens with two attached hydrogens (primary N) is 1. The van der Waals surface area contributed by atoms with E-state index in [1.807, 2.05) is 30.3 Å². The minimum atomic E-state index is -0.131. The first kappa shape index (κ1) is 11.9. The quantitative estimate of drug-likeness (QED) is 0.801. The first-order valence-electron chi connectivity index (χ1n) is 5.43. The Hall–Kier alpha value is -1.15. The number of ketones is 1. The second kappa shape index (κ2) is 5.66. The zero-order valence-electron chi connectivity index (χ0n) is 9.44. The molecule has 0 aliphatic heterocycles. The van der Waals surface area contributed by atoms with Gasteiger partial charge in [-0.3, -0.25) is 4.79 Å². The Balaban J connectivity index is 2.76. The fourth-order valence-electron chi connectivity index (χ4n) is 1.68. The van der Waals surface area contributed by atoms with Gasteiger partial charge in [0, 0.05) is 13.0 Å². The monoisotopic (exact) mass is 205 g/mol. The number of carbonyl (C=O) groups is 1. The Bertz CT molecular complexity index is 306.